The van der Waals surface area contributed by atoms with Crippen LogP contribution in [-0.4, -0.2) is 43.1 Å². The van der Waals surface area contributed by atoms with E-state index < -0.39 is 10.0 Å². The number of piperidine rings is 1. The maximum atomic E-state index is 11.4. The lowest BCUT2D eigenvalue weighted by molar-refractivity contribution is 0.289. The fourth-order valence-corrected chi connectivity index (χ4v) is 3.02. The highest BCUT2D eigenvalue weighted by atomic mass is 32.2. The van der Waals surface area contributed by atoms with Crippen molar-refractivity contribution in [2.24, 2.45) is 0 Å². The average molecular weight is 269 g/mol. The first-order valence-corrected chi connectivity index (χ1v) is 7.99. The highest BCUT2D eigenvalue weighted by Gasteiger charge is 2.24. The summed E-state index contributed by atoms with van der Waals surface area (Å²) in [5.41, 5.74) is 1.02. The Hall–Kier alpha value is -0.980. The van der Waals surface area contributed by atoms with E-state index in [0.29, 0.717) is 19.1 Å². The number of hydrogen-bond donors (Lipinski definition) is 1. The van der Waals surface area contributed by atoms with Crippen LogP contribution in [-0.2, 0) is 16.6 Å². The molecule has 0 aromatic carbocycles. The molecule has 2 rings (SSSR count). The summed E-state index contributed by atoms with van der Waals surface area (Å²) in [6.45, 7) is 1.96. The minimum atomic E-state index is -3.02. The van der Waals surface area contributed by atoms with Crippen molar-refractivity contribution in [3.05, 3.63) is 30.1 Å². The Morgan fingerprint density at radius 1 is 1.39 bits per heavy atom. The fraction of sp³-hybridized carbons (Fsp3) is 0.583. The van der Waals surface area contributed by atoms with Gasteiger partial charge in [-0.3, -0.25) is 4.98 Å². The quantitative estimate of drug-likeness (QED) is 0.869. The van der Waals surface area contributed by atoms with Crippen LogP contribution in [0.25, 0.3) is 0 Å². The molecule has 0 aliphatic carbocycles. The Kier molecular flexibility index (Phi) is 4.31. The topological polar surface area (TPSA) is 62.3 Å². The molecule has 6 heteroatoms. The molecule has 0 amide bonds. The van der Waals surface area contributed by atoms with Gasteiger partial charge in [-0.2, -0.15) is 0 Å². The number of nitrogens with one attached hydrogen (secondary N) is 1. The van der Waals surface area contributed by atoms with Crippen molar-refractivity contribution in [2.45, 2.75) is 25.4 Å². The number of pyridine rings is 1. The van der Waals surface area contributed by atoms with Crippen LogP contribution in [0.4, 0.5) is 0 Å². The van der Waals surface area contributed by atoms with Crippen molar-refractivity contribution >= 4 is 10.0 Å². The first-order chi connectivity index (χ1) is 8.55. The van der Waals surface area contributed by atoms with Crippen molar-refractivity contribution in [1.82, 2.24) is 14.6 Å². The predicted octanol–water partition coefficient (Wildman–Crippen LogP) is 0.595. The van der Waals surface area contributed by atoms with Gasteiger partial charge in [0.2, 0.25) is 10.0 Å². The van der Waals surface area contributed by atoms with Crippen LogP contribution >= 0.6 is 0 Å². The molecule has 0 unspecified atom stereocenters. The van der Waals surface area contributed by atoms with Crippen molar-refractivity contribution in [3.63, 3.8) is 0 Å². The van der Waals surface area contributed by atoms with E-state index in [1.165, 1.54) is 6.26 Å². The molecular weight excluding hydrogens is 250 g/mol. The summed E-state index contributed by atoms with van der Waals surface area (Å²) in [6.07, 6.45) is 4.78. The zero-order valence-corrected chi connectivity index (χ0v) is 11.4. The molecule has 1 aliphatic rings. The van der Waals surface area contributed by atoms with Crippen LogP contribution in [0.3, 0.4) is 0 Å². The first-order valence-electron chi connectivity index (χ1n) is 6.14. The van der Waals surface area contributed by atoms with Gasteiger partial charge in [-0.25, -0.2) is 12.7 Å². The molecule has 1 aromatic rings. The number of rotatable bonds is 4. The second-order valence-corrected chi connectivity index (χ2v) is 6.62. The van der Waals surface area contributed by atoms with Crippen LogP contribution < -0.4 is 5.32 Å². The molecule has 1 fully saturated rings. The molecule has 0 radical (unpaired) electrons. The molecule has 0 atom stereocenters. The van der Waals surface area contributed by atoms with Crippen LogP contribution in [0.2, 0.25) is 0 Å². The third-order valence-electron chi connectivity index (χ3n) is 3.22. The van der Waals surface area contributed by atoms with E-state index in [9.17, 15) is 8.42 Å². The molecule has 1 N–H and O–H groups in total. The van der Waals surface area contributed by atoms with Crippen molar-refractivity contribution in [2.75, 3.05) is 19.3 Å². The van der Waals surface area contributed by atoms with Gasteiger partial charge in [-0.05, 0) is 25.0 Å². The standard InChI is InChI=1S/C12H19N3O2S/c1-18(16,17)15-8-5-11(6-9-15)14-10-12-4-2-3-7-13-12/h2-4,7,11,14H,5-6,8-10H2,1H3. The molecule has 5 nitrogen and oxygen atoms in total. The molecule has 0 saturated carbocycles. The normalized spacial score (nSPS) is 18.9. The summed E-state index contributed by atoms with van der Waals surface area (Å²) < 4.78 is 24.3. The summed E-state index contributed by atoms with van der Waals surface area (Å²) in [4.78, 5) is 4.25. The predicted molar refractivity (Wildman–Crippen MR) is 70.5 cm³/mol. The molecule has 0 bridgehead atoms. The van der Waals surface area contributed by atoms with Gasteiger partial charge >= 0.3 is 0 Å². The second kappa shape index (κ2) is 5.77. The third-order valence-corrected chi connectivity index (χ3v) is 4.52. The van der Waals surface area contributed by atoms with E-state index in [1.807, 2.05) is 18.2 Å². The minimum absolute atomic E-state index is 0.380. The van der Waals surface area contributed by atoms with Crippen LogP contribution in [0.1, 0.15) is 18.5 Å². The maximum Gasteiger partial charge on any atom is 0.211 e. The van der Waals surface area contributed by atoms with Crippen LogP contribution in [0, 0.1) is 0 Å². The number of sulfonamides is 1. The van der Waals surface area contributed by atoms with Gasteiger partial charge in [0, 0.05) is 31.9 Å². The lowest BCUT2D eigenvalue weighted by Gasteiger charge is -2.30. The SMILES string of the molecule is CS(=O)(=O)N1CCC(NCc2ccccn2)CC1. The summed E-state index contributed by atoms with van der Waals surface area (Å²) in [5.74, 6) is 0. The number of aromatic nitrogens is 1. The van der Waals surface area contributed by atoms with Crippen molar-refractivity contribution in [3.8, 4) is 0 Å². The Bertz CT molecular complexity index is 467. The fourth-order valence-electron chi connectivity index (χ4n) is 2.14. The van der Waals surface area contributed by atoms with Crippen molar-refractivity contribution < 1.29 is 8.42 Å². The van der Waals surface area contributed by atoms with Crippen LogP contribution in [0.5, 0.6) is 0 Å². The monoisotopic (exact) mass is 269 g/mol. The number of hydrogen-bond acceptors (Lipinski definition) is 4. The zero-order chi connectivity index (χ0) is 13.0. The van der Waals surface area contributed by atoms with E-state index in [0.717, 1.165) is 25.1 Å². The lowest BCUT2D eigenvalue weighted by atomic mass is 10.1. The molecule has 1 saturated heterocycles. The molecule has 2 heterocycles. The highest BCUT2D eigenvalue weighted by Crippen LogP contribution is 2.13. The molecular formula is C12H19N3O2S. The van der Waals surface area contributed by atoms with Gasteiger partial charge in [0.05, 0.1) is 11.9 Å². The summed E-state index contributed by atoms with van der Waals surface area (Å²) in [6, 6.07) is 6.23. The van der Waals surface area contributed by atoms with E-state index in [4.69, 9.17) is 0 Å². The van der Waals surface area contributed by atoms with Gasteiger partial charge in [-0.15, -0.1) is 0 Å². The lowest BCUT2D eigenvalue weighted by Crippen LogP contribution is -2.44. The van der Waals surface area contributed by atoms with E-state index >= 15 is 0 Å². The smallest absolute Gasteiger partial charge is 0.211 e. The number of nitrogens with zero attached hydrogens (tertiary/aromatic N) is 2. The molecule has 1 aromatic heterocycles. The largest absolute Gasteiger partial charge is 0.308 e. The second-order valence-electron chi connectivity index (χ2n) is 4.64. The van der Waals surface area contributed by atoms with Gasteiger partial charge in [0.25, 0.3) is 0 Å². The average Bonchev–Trinajstić information content (AvgIpc) is 2.37. The third kappa shape index (κ3) is 3.76. The summed E-state index contributed by atoms with van der Waals surface area (Å²) in [5, 5.41) is 3.43. The van der Waals surface area contributed by atoms with Gasteiger partial charge in [0.15, 0.2) is 0 Å². The summed E-state index contributed by atoms with van der Waals surface area (Å²) >= 11 is 0. The minimum Gasteiger partial charge on any atom is -0.308 e. The van der Waals surface area contributed by atoms with E-state index in [-0.39, 0.29) is 0 Å². The van der Waals surface area contributed by atoms with Gasteiger partial charge in [0.1, 0.15) is 0 Å². The Morgan fingerprint density at radius 2 is 2.11 bits per heavy atom. The van der Waals surface area contributed by atoms with Crippen LogP contribution in [0.15, 0.2) is 24.4 Å². The molecule has 1 aliphatic heterocycles. The van der Waals surface area contributed by atoms with Crippen molar-refractivity contribution in [1.29, 1.82) is 0 Å². The molecule has 18 heavy (non-hydrogen) atoms. The van der Waals surface area contributed by atoms with E-state index in [1.54, 1.807) is 10.5 Å². The first kappa shape index (κ1) is 13.5. The summed E-state index contributed by atoms with van der Waals surface area (Å²) in [7, 11) is -3.02. The Labute approximate surface area is 108 Å². The molecule has 100 valence electrons. The highest BCUT2D eigenvalue weighted by molar-refractivity contribution is 7.88. The van der Waals surface area contributed by atoms with E-state index in [2.05, 4.69) is 10.3 Å². The zero-order valence-electron chi connectivity index (χ0n) is 10.5. The Balaban J connectivity index is 1.78. The Morgan fingerprint density at radius 3 is 2.67 bits per heavy atom. The van der Waals surface area contributed by atoms with Gasteiger partial charge < -0.3 is 5.32 Å². The molecule has 0 spiro atoms. The maximum absolute atomic E-state index is 11.4. The van der Waals surface area contributed by atoms with Gasteiger partial charge in [-0.1, -0.05) is 6.07 Å².